The second-order valence-electron chi connectivity index (χ2n) is 4.96. The summed E-state index contributed by atoms with van der Waals surface area (Å²) >= 11 is 1.48. The van der Waals surface area contributed by atoms with E-state index in [4.69, 9.17) is 0 Å². The molecule has 124 valence electrons. The monoisotopic (exact) mass is 343 g/mol. The number of thiophene rings is 1. The summed E-state index contributed by atoms with van der Waals surface area (Å²) in [6, 6.07) is 9.06. The molecule has 0 aliphatic heterocycles. The Labute approximate surface area is 142 Å². The van der Waals surface area contributed by atoms with Crippen LogP contribution in [0.3, 0.4) is 0 Å². The average Bonchev–Trinajstić information content (AvgIpc) is 3.24. The molecule has 0 aliphatic carbocycles. The summed E-state index contributed by atoms with van der Waals surface area (Å²) in [7, 11) is 0. The van der Waals surface area contributed by atoms with Gasteiger partial charge in [-0.15, -0.1) is 21.5 Å². The number of carbonyl (C=O) groups excluding carboxylic acids is 1. The maximum Gasteiger partial charge on any atom is 0.319 e. The number of nitrogens with zero attached hydrogens (tertiary/aromatic N) is 4. The number of amides is 2. The van der Waals surface area contributed by atoms with Crippen LogP contribution < -0.4 is 16.0 Å². The minimum atomic E-state index is -0.227. The quantitative estimate of drug-likeness (QED) is 0.597. The molecule has 0 aromatic carbocycles. The molecular weight excluding hydrogens is 326 g/mol. The van der Waals surface area contributed by atoms with Gasteiger partial charge in [0.1, 0.15) is 5.82 Å². The number of rotatable bonds is 6. The van der Waals surface area contributed by atoms with Crippen LogP contribution in [0.5, 0.6) is 0 Å². The van der Waals surface area contributed by atoms with Gasteiger partial charge in [0, 0.05) is 19.3 Å². The molecule has 0 radical (unpaired) electrons. The smallest absolute Gasteiger partial charge is 0.319 e. The normalized spacial score (nSPS) is 10.4. The second-order valence-corrected chi connectivity index (χ2v) is 5.91. The van der Waals surface area contributed by atoms with Gasteiger partial charge in [-0.25, -0.2) is 9.48 Å². The largest absolute Gasteiger partial charge is 0.367 e. The fraction of sp³-hybridized carbons (Fsp3) is 0.200. The zero-order chi connectivity index (χ0) is 16.8. The summed E-state index contributed by atoms with van der Waals surface area (Å²) in [5.74, 6) is 1.30. The lowest BCUT2D eigenvalue weighted by molar-refractivity contribution is 0.252. The van der Waals surface area contributed by atoms with Gasteiger partial charge in [0.15, 0.2) is 5.82 Å². The van der Waals surface area contributed by atoms with Crippen LogP contribution in [0.4, 0.5) is 15.6 Å². The molecule has 0 bridgehead atoms. The minimum Gasteiger partial charge on any atom is -0.367 e. The number of urea groups is 1. The number of aryl methyl sites for hydroxylation is 1. The summed E-state index contributed by atoms with van der Waals surface area (Å²) in [4.78, 5) is 11.6. The van der Waals surface area contributed by atoms with Crippen LogP contribution >= 0.6 is 11.3 Å². The van der Waals surface area contributed by atoms with Crippen LogP contribution in [0.2, 0.25) is 0 Å². The highest BCUT2D eigenvalue weighted by molar-refractivity contribution is 7.14. The van der Waals surface area contributed by atoms with Crippen LogP contribution in [-0.2, 0) is 0 Å². The number of hydrogen-bond acceptors (Lipinski definition) is 6. The Morgan fingerprint density at radius 3 is 2.79 bits per heavy atom. The van der Waals surface area contributed by atoms with Crippen LogP contribution in [0.25, 0.3) is 5.82 Å². The second kappa shape index (κ2) is 7.55. The van der Waals surface area contributed by atoms with Crippen molar-refractivity contribution in [1.82, 2.24) is 25.3 Å². The molecule has 0 saturated heterocycles. The Morgan fingerprint density at radius 1 is 1.21 bits per heavy atom. The van der Waals surface area contributed by atoms with Crippen molar-refractivity contribution in [2.45, 2.75) is 6.92 Å². The summed E-state index contributed by atoms with van der Waals surface area (Å²) in [5, 5.41) is 23.8. The molecule has 3 aromatic heterocycles. The SMILES string of the molecule is Cc1ccn(-c2ccc(NCCNC(=O)Nc3cccs3)nn2)n1. The Hall–Kier alpha value is -2.94. The highest BCUT2D eigenvalue weighted by Crippen LogP contribution is 2.14. The Kier molecular flexibility index (Phi) is 5.02. The summed E-state index contributed by atoms with van der Waals surface area (Å²) in [5.41, 5.74) is 0.922. The molecule has 0 atom stereocenters. The summed E-state index contributed by atoms with van der Waals surface area (Å²) < 4.78 is 1.67. The zero-order valence-electron chi connectivity index (χ0n) is 13.1. The molecule has 0 unspecified atom stereocenters. The fourth-order valence-corrected chi connectivity index (χ4v) is 2.57. The first kappa shape index (κ1) is 15.9. The van der Waals surface area contributed by atoms with Crippen molar-refractivity contribution < 1.29 is 4.79 Å². The van der Waals surface area contributed by atoms with Gasteiger partial charge in [-0.3, -0.25) is 5.32 Å². The van der Waals surface area contributed by atoms with Crippen molar-refractivity contribution in [3.8, 4) is 5.82 Å². The third kappa shape index (κ3) is 4.29. The molecule has 3 heterocycles. The molecule has 3 rings (SSSR count). The maximum atomic E-state index is 11.6. The standard InChI is InChI=1S/C15H17N7OS/c1-11-6-9-22(21-11)13-5-4-12(19-20-13)16-7-8-17-15(23)18-14-3-2-10-24-14/h2-6,9-10H,7-8H2,1H3,(H,16,19)(H2,17,18,23). The van der Waals surface area contributed by atoms with Gasteiger partial charge in [-0.05, 0) is 42.6 Å². The molecule has 0 aliphatic rings. The van der Waals surface area contributed by atoms with E-state index in [2.05, 4.69) is 31.2 Å². The van der Waals surface area contributed by atoms with E-state index in [-0.39, 0.29) is 6.03 Å². The average molecular weight is 343 g/mol. The van der Waals surface area contributed by atoms with Crippen molar-refractivity contribution in [3.05, 3.63) is 47.6 Å². The van der Waals surface area contributed by atoms with Crippen LogP contribution in [0, 0.1) is 6.92 Å². The van der Waals surface area contributed by atoms with Crippen molar-refractivity contribution >= 4 is 28.2 Å². The van der Waals surface area contributed by atoms with Gasteiger partial charge in [0.25, 0.3) is 0 Å². The first-order valence-electron chi connectivity index (χ1n) is 7.39. The number of carbonyl (C=O) groups is 1. The van der Waals surface area contributed by atoms with E-state index in [0.717, 1.165) is 10.7 Å². The number of anilines is 2. The van der Waals surface area contributed by atoms with Crippen molar-refractivity contribution in [1.29, 1.82) is 0 Å². The van der Waals surface area contributed by atoms with E-state index in [1.54, 1.807) is 4.68 Å². The molecule has 8 nitrogen and oxygen atoms in total. The fourth-order valence-electron chi connectivity index (χ4n) is 1.96. The lowest BCUT2D eigenvalue weighted by Crippen LogP contribution is -2.32. The number of hydrogen-bond donors (Lipinski definition) is 3. The lowest BCUT2D eigenvalue weighted by atomic mass is 10.5. The predicted molar refractivity (Wildman–Crippen MR) is 93.7 cm³/mol. The van der Waals surface area contributed by atoms with E-state index >= 15 is 0 Å². The minimum absolute atomic E-state index is 0.227. The molecule has 24 heavy (non-hydrogen) atoms. The lowest BCUT2D eigenvalue weighted by Gasteiger charge is -2.08. The van der Waals surface area contributed by atoms with Gasteiger partial charge in [-0.1, -0.05) is 0 Å². The van der Waals surface area contributed by atoms with Crippen LogP contribution in [-0.4, -0.2) is 39.1 Å². The van der Waals surface area contributed by atoms with Crippen LogP contribution in [0.15, 0.2) is 41.9 Å². The molecule has 0 saturated carbocycles. The Morgan fingerprint density at radius 2 is 2.12 bits per heavy atom. The van der Waals surface area contributed by atoms with Gasteiger partial charge < -0.3 is 10.6 Å². The van der Waals surface area contributed by atoms with Gasteiger partial charge in [-0.2, -0.15) is 5.10 Å². The van der Waals surface area contributed by atoms with Crippen molar-refractivity contribution in [2.75, 3.05) is 23.7 Å². The summed E-state index contributed by atoms with van der Waals surface area (Å²) in [6.45, 7) is 2.94. The molecule has 2 amide bonds. The highest BCUT2D eigenvalue weighted by atomic mass is 32.1. The highest BCUT2D eigenvalue weighted by Gasteiger charge is 2.03. The Bertz CT molecular complexity index is 783. The molecular formula is C15H17N7OS. The molecule has 3 aromatic rings. The van der Waals surface area contributed by atoms with Crippen molar-refractivity contribution in [2.24, 2.45) is 0 Å². The first-order chi connectivity index (χ1) is 11.7. The molecule has 0 spiro atoms. The maximum absolute atomic E-state index is 11.6. The van der Waals surface area contributed by atoms with Crippen molar-refractivity contribution in [3.63, 3.8) is 0 Å². The molecule has 9 heteroatoms. The number of aromatic nitrogens is 4. The third-order valence-corrected chi connectivity index (χ3v) is 3.87. The van der Waals surface area contributed by atoms with E-state index in [1.165, 1.54) is 11.3 Å². The number of nitrogens with one attached hydrogen (secondary N) is 3. The van der Waals surface area contributed by atoms with Gasteiger partial charge >= 0.3 is 6.03 Å². The first-order valence-corrected chi connectivity index (χ1v) is 8.27. The zero-order valence-corrected chi connectivity index (χ0v) is 13.9. The Balaban J connectivity index is 1.41. The van der Waals surface area contributed by atoms with E-state index in [9.17, 15) is 4.79 Å². The molecule has 0 fully saturated rings. The third-order valence-electron chi connectivity index (χ3n) is 3.08. The summed E-state index contributed by atoms with van der Waals surface area (Å²) in [6.07, 6.45) is 1.84. The van der Waals surface area contributed by atoms with E-state index < -0.39 is 0 Å². The topological polar surface area (TPSA) is 96.8 Å². The molecule has 3 N–H and O–H groups in total. The van der Waals surface area contributed by atoms with Crippen LogP contribution in [0.1, 0.15) is 5.69 Å². The van der Waals surface area contributed by atoms with E-state index in [0.29, 0.717) is 24.7 Å². The van der Waals surface area contributed by atoms with Gasteiger partial charge in [0.2, 0.25) is 0 Å². The predicted octanol–water partition coefficient (Wildman–Crippen LogP) is 2.27. The van der Waals surface area contributed by atoms with E-state index in [1.807, 2.05) is 48.8 Å². The van der Waals surface area contributed by atoms with Gasteiger partial charge in [0.05, 0.1) is 10.7 Å².